The molecule has 2 aliphatic heterocycles. The molecule has 0 amide bonds. The number of para-hydroxylation sites is 1. The van der Waals surface area contributed by atoms with Crippen LogP contribution in [0.25, 0.3) is 0 Å². The van der Waals surface area contributed by atoms with Crippen molar-refractivity contribution in [1.29, 1.82) is 0 Å². The van der Waals surface area contributed by atoms with E-state index in [0.717, 1.165) is 32.8 Å². The fraction of sp³-hybridized carbons (Fsp3) is 0.143. The number of hydrazone groups is 1. The Morgan fingerprint density at radius 2 is 1.93 bits per heavy atom. The summed E-state index contributed by atoms with van der Waals surface area (Å²) in [5, 5.41) is 8.68. The van der Waals surface area contributed by atoms with Gasteiger partial charge in [0.25, 0.3) is 6.23 Å². The second kappa shape index (κ2) is 6.62. The number of thiophene rings is 1. The van der Waals surface area contributed by atoms with E-state index in [0.29, 0.717) is 5.56 Å². The molecule has 0 N–H and O–H groups in total. The van der Waals surface area contributed by atoms with Gasteiger partial charge in [-0.3, -0.25) is 4.79 Å². The fourth-order valence-electron chi connectivity index (χ4n) is 3.56. The molecule has 0 saturated heterocycles. The first-order valence-corrected chi connectivity index (χ1v) is 10.3. The van der Waals surface area contributed by atoms with Gasteiger partial charge in [-0.05, 0) is 29.6 Å². The van der Waals surface area contributed by atoms with Crippen LogP contribution in [0.15, 0.2) is 75.6 Å². The van der Waals surface area contributed by atoms with Gasteiger partial charge < -0.3 is 4.74 Å². The summed E-state index contributed by atoms with van der Waals surface area (Å²) in [6.07, 6.45) is 0.00824. The van der Waals surface area contributed by atoms with Crippen molar-refractivity contribution in [3.8, 4) is 5.75 Å². The second-order valence-corrected chi connectivity index (χ2v) is 8.37. The standard InChI is InChI=1S/C21H15BrN2O2S/c22-14-9-7-13(8-10-14)20(25)21-24-17(15-4-1-2-5-18(15)26-21)12-16(23-24)19-6-3-11-27-19/h1-11,17,21H,12H2/t17-,21-/m0/s1. The minimum absolute atomic E-state index is 0.0106. The summed E-state index contributed by atoms with van der Waals surface area (Å²) in [7, 11) is 0. The molecule has 0 saturated carbocycles. The van der Waals surface area contributed by atoms with Crippen molar-refractivity contribution in [2.45, 2.75) is 18.7 Å². The van der Waals surface area contributed by atoms with Crippen molar-refractivity contribution >= 4 is 38.8 Å². The van der Waals surface area contributed by atoms with Gasteiger partial charge in [-0.15, -0.1) is 11.3 Å². The smallest absolute Gasteiger partial charge is 0.251 e. The Balaban J connectivity index is 1.56. The van der Waals surface area contributed by atoms with Gasteiger partial charge in [0.05, 0.1) is 16.6 Å². The Kier molecular flexibility index (Phi) is 4.10. The predicted octanol–water partition coefficient (Wildman–Crippen LogP) is 5.26. The van der Waals surface area contributed by atoms with E-state index in [4.69, 9.17) is 9.84 Å². The summed E-state index contributed by atoms with van der Waals surface area (Å²) in [6.45, 7) is 0. The van der Waals surface area contributed by atoms with Crippen molar-refractivity contribution in [2.24, 2.45) is 5.10 Å². The number of fused-ring (bicyclic) bond motifs is 3. The average Bonchev–Trinajstić information content (AvgIpc) is 3.37. The molecular formula is C21H15BrN2O2S. The molecule has 3 aromatic rings. The molecule has 0 radical (unpaired) electrons. The number of carbonyl (C=O) groups is 1. The van der Waals surface area contributed by atoms with Crippen LogP contribution >= 0.6 is 27.3 Å². The van der Waals surface area contributed by atoms with Crippen molar-refractivity contribution in [3.05, 3.63) is 86.5 Å². The van der Waals surface area contributed by atoms with Gasteiger partial charge in [-0.25, -0.2) is 5.01 Å². The third-order valence-electron chi connectivity index (χ3n) is 4.86. The van der Waals surface area contributed by atoms with Gasteiger partial charge in [-0.2, -0.15) is 5.10 Å². The zero-order valence-electron chi connectivity index (χ0n) is 14.2. The van der Waals surface area contributed by atoms with Gasteiger partial charge in [0, 0.05) is 22.0 Å². The minimum atomic E-state index is -0.761. The van der Waals surface area contributed by atoms with E-state index >= 15 is 0 Å². The molecular weight excluding hydrogens is 424 g/mol. The topological polar surface area (TPSA) is 41.9 Å². The number of ether oxygens (including phenoxy) is 1. The molecule has 3 heterocycles. The van der Waals surface area contributed by atoms with Crippen LogP contribution in [0.3, 0.4) is 0 Å². The van der Waals surface area contributed by atoms with E-state index in [1.807, 2.05) is 58.9 Å². The number of Topliss-reactive ketones (excluding diaryl/α,β-unsaturated/α-hetero) is 1. The number of rotatable bonds is 3. The zero-order valence-corrected chi connectivity index (χ0v) is 16.6. The highest BCUT2D eigenvalue weighted by molar-refractivity contribution is 9.10. The number of ketones is 1. The zero-order chi connectivity index (χ0) is 18.4. The van der Waals surface area contributed by atoms with Crippen molar-refractivity contribution in [2.75, 3.05) is 0 Å². The summed E-state index contributed by atoms with van der Waals surface area (Å²) in [4.78, 5) is 14.3. The largest absolute Gasteiger partial charge is 0.461 e. The van der Waals surface area contributed by atoms with Crippen molar-refractivity contribution in [3.63, 3.8) is 0 Å². The van der Waals surface area contributed by atoms with Gasteiger partial charge in [0.2, 0.25) is 5.78 Å². The highest BCUT2D eigenvalue weighted by Crippen LogP contribution is 2.43. The van der Waals surface area contributed by atoms with Crippen LogP contribution in [0.5, 0.6) is 5.75 Å². The predicted molar refractivity (Wildman–Crippen MR) is 109 cm³/mol. The third-order valence-corrected chi connectivity index (χ3v) is 6.31. The number of halogens is 1. The summed E-state index contributed by atoms with van der Waals surface area (Å²) in [6, 6.07) is 19.4. The maximum atomic E-state index is 13.2. The average molecular weight is 439 g/mol. The first-order chi connectivity index (χ1) is 13.2. The van der Waals surface area contributed by atoms with Gasteiger partial charge >= 0.3 is 0 Å². The van der Waals surface area contributed by atoms with Crippen LogP contribution in [0.4, 0.5) is 0 Å². The number of benzene rings is 2. The molecule has 0 fully saturated rings. The lowest BCUT2D eigenvalue weighted by molar-refractivity contribution is -0.00455. The maximum absolute atomic E-state index is 13.2. The number of carbonyl (C=O) groups excluding carboxylic acids is 1. The van der Waals surface area contributed by atoms with Crippen LogP contribution in [-0.4, -0.2) is 22.7 Å². The lowest BCUT2D eigenvalue weighted by Gasteiger charge is -2.37. The van der Waals surface area contributed by atoms with E-state index in [2.05, 4.69) is 28.1 Å². The Bertz CT molecular complexity index is 1030. The number of nitrogens with zero attached hydrogens (tertiary/aromatic N) is 2. The highest BCUT2D eigenvalue weighted by Gasteiger charge is 2.43. The summed E-state index contributed by atoms with van der Waals surface area (Å²) in [5.41, 5.74) is 2.69. The molecule has 0 unspecified atom stereocenters. The fourth-order valence-corrected chi connectivity index (χ4v) is 4.54. The monoisotopic (exact) mass is 438 g/mol. The Hall–Kier alpha value is -2.44. The van der Waals surface area contributed by atoms with E-state index in [-0.39, 0.29) is 11.8 Å². The molecule has 27 heavy (non-hydrogen) atoms. The molecule has 0 spiro atoms. The molecule has 0 bridgehead atoms. The molecule has 2 aromatic carbocycles. The van der Waals surface area contributed by atoms with Gasteiger partial charge in [0.15, 0.2) is 0 Å². The molecule has 2 atom stereocenters. The van der Waals surface area contributed by atoms with Crippen molar-refractivity contribution < 1.29 is 9.53 Å². The lowest BCUT2D eigenvalue weighted by Crippen LogP contribution is -2.45. The summed E-state index contributed by atoms with van der Waals surface area (Å²) in [5.74, 6) is 0.676. The second-order valence-electron chi connectivity index (χ2n) is 6.50. The Labute approximate surface area is 169 Å². The number of hydrogen-bond acceptors (Lipinski definition) is 5. The van der Waals surface area contributed by atoms with E-state index in [9.17, 15) is 4.79 Å². The molecule has 2 aliphatic rings. The molecule has 1 aromatic heterocycles. The molecule has 6 heteroatoms. The van der Waals surface area contributed by atoms with Crippen LogP contribution in [0.2, 0.25) is 0 Å². The molecule has 4 nitrogen and oxygen atoms in total. The van der Waals surface area contributed by atoms with Crippen LogP contribution in [0, 0.1) is 0 Å². The van der Waals surface area contributed by atoms with Gasteiger partial charge in [0.1, 0.15) is 5.75 Å². The minimum Gasteiger partial charge on any atom is -0.461 e. The third kappa shape index (κ3) is 2.89. The van der Waals surface area contributed by atoms with Gasteiger partial charge in [-0.1, -0.05) is 52.3 Å². The van der Waals surface area contributed by atoms with Crippen LogP contribution in [-0.2, 0) is 0 Å². The first kappa shape index (κ1) is 16.7. The van der Waals surface area contributed by atoms with E-state index in [1.165, 1.54) is 0 Å². The van der Waals surface area contributed by atoms with Crippen molar-refractivity contribution in [1.82, 2.24) is 5.01 Å². The van der Waals surface area contributed by atoms with E-state index < -0.39 is 6.23 Å². The van der Waals surface area contributed by atoms with Crippen LogP contribution < -0.4 is 4.74 Å². The maximum Gasteiger partial charge on any atom is 0.251 e. The summed E-state index contributed by atoms with van der Waals surface area (Å²) < 4.78 is 7.06. The quantitative estimate of drug-likeness (QED) is 0.523. The molecule has 0 aliphatic carbocycles. The first-order valence-electron chi connectivity index (χ1n) is 8.66. The Morgan fingerprint density at radius 3 is 2.70 bits per heavy atom. The molecule has 134 valence electrons. The Morgan fingerprint density at radius 1 is 1.11 bits per heavy atom. The number of hydrogen-bond donors (Lipinski definition) is 0. The van der Waals surface area contributed by atoms with E-state index in [1.54, 1.807) is 11.3 Å². The highest BCUT2D eigenvalue weighted by atomic mass is 79.9. The lowest BCUT2D eigenvalue weighted by atomic mass is 9.97. The molecule has 5 rings (SSSR count). The normalized spacial score (nSPS) is 20.5. The van der Waals surface area contributed by atoms with Crippen LogP contribution in [0.1, 0.15) is 33.3 Å². The summed E-state index contributed by atoms with van der Waals surface area (Å²) >= 11 is 5.08. The SMILES string of the molecule is O=C(c1ccc(Br)cc1)[C@@H]1Oc2ccccc2[C@@H]2CC(c3cccs3)=NN12.